The molecule has 0 bridgehead atoms. The summed E-state index contributed by atoms with van der Waals surface area (Å²) in [6.45, 7) is 0.0650. The van der Waals surface area contributed by atoms with Crippen LogP contribution in [0.5, 0.6) is 0 Å². The van der Waals surface area contributed by atoms with Gasteiger partial charge in [0.2, 0.25) is 10.0 Å². The second kappa shape index (κ2) is 7.17. The number of nitrogens with zero attached hydrogens (tertiary/aromatic N) is 1. The van der Waals surface area contributed by atoms with Crippen LogP contribution >= 0.6 is 0 Å². The summed E-state index contributed by atoms with van der Waals surface area (Å²) in [6.07, 6.45) is 0.639. The molecule has 1 aromatic carbocycles. The van der Waals surface area contributed by atoms with E-state index in [1.54, 1.807) is 6.07 Å². The standard InChI is InChI=1S/C14H18FNO5S/c15-13-3-1-2-11(6-13)7-16(8-14(17)18)22(19,20)10-12-4-5-21-9-12/h1-3,6,12H,4-5,7-10H2,(H,17,18). The van der Waals surface area contributed by atoms with Gasteiger partial charge in [-0.3, -0.25) is 4.79 Å². The maximum absolute atomic E-state index is 13.2. The maximum Gasteiger partial charge on any atom is 0.318 e. The van der Waals surface area contributed by atoms with Crippen LogP contribution in [0.2, 0.25) is 0 Å². The third kappa shape index (κ3) is 4.75. The Morgan fingerprint density at radius 3 is 2.82 bits per heavy atom. The lowest BCUT2D eigenvalue weighted by atomic mass is 10.2. The van der Waals surface area contributed by atoms with Gasteiger partial charge in [-0.25, -0.2) is 12.8 Å². The van der Waals surface area contributed by atoms with Crippen LogP contribution in [-0.2, 0) is 26.1 Å². The molecule has 0 aromatic heterocycles. The van der Waals surface area contributed by atoms with Crippen molar-refractivity contribution in [1.29, 1.82) is 0 Å². The Balaban J connectivity index is 2.15. The summed E-state index contributed by atoms with van der Waals surface area (Å²) in [5.41, 5.74) is 0.410. The average molecular weight is 331 g/mol. The summed E-state index contributed by atoms with van der Waals surface area (Å²) >= 11 is 0. The van der Waals surface area contributed by atoms with Crippen molar-refractivity contribution >= 4 is 16.0 Å². The fraction of sp³-hybridized carbons (Fsp3) is 0.500. The molecule has 1 unspecified atom stereocenters. The van der Waals surface area contributed by atoms with Crippen molar-refractivity contribution < 1.29 is 27.4 Å². The minimum absolute atomic E-state index is 0.131. The van der Waals surface area contributed by atoms with Crippen LogP contribution in [0.25, 0.3) is 0 Å². The van der Waals surface area contributed by atoms with Gasteiger partial charge in [0.1, 0.15) is 12.4 Å². The summed E-state index contributed by atoms with van der Waals surface area (Å²) in [7, 11) is -3.76. The second-order valence-electron chi connectivity index (χ2n) is 5.30. The van der Waals surface area contributed by atoms with Crippen LogP contribution in [0.1, 0.15) is 12.0 Å². The van der Waals surface area contributed by atoms with Crippen molar-refractivity contribution in [1.82, 2.24) is 4.31 Å². The minimum atomic E-state index is -3.76. The van der Waals surface area contributed by atoms with Gasteiger partial charge in [0.15, 0.2) is 0 Å². The molecule has 122 valence electrons. The third-order valence-electron chi connectivity index (χ3n) is 3.42. The highest BCUT2D eigenvalue weighted by atomic mass is 32.2. The lowest BCUT2D eigenvalue weighted by Gasteiger charge is -2.22. The fourth-order valence-electron chi connectivity index (χ4n) is 2.36. The zero-order valence-electron chi connectivity index (χ0n) is 11.9. The van der Waals surface area contributed by atoms with Crippen molar-refractivity contribution in [2.45, 2.75) is 13.0 Å². The zero-order valence-corrected chi connectivity index (χ0v) is 12.8. The summed E-state index contributed by atoms with van der Waals surface area (Å²) in [6, 6.07) is 5.46. The van der Waals surface area contributed by atoms with Crippen LogP contribution in [0.4, 0.5) is 4.39 Å². The Labute approximate surface area is 128 Å². The molecule has 0 amide bonds. The van der Waals surface area contributed by atoms with Gasteiger partial charge >= 0.3 is 5.97 Å². The number of carbonyl (C=O) groups is 1. The van der Waals surface area contributed by atoms with E-state index in [0.29, 0.717) is 25.2 Å². The number of hydrogen-bond donors (Lipinski definition) is 1. The molecule has 1 heterocycles. The number of rotatable bonds is 7. The van der Waals surface area contributed by atoms with E-state index in [0.717, 1.165) is 4.31 Å². The topological polar surface area (TPSA) is 83.9 Å². The van der Waals surface area contributed by atoms with Gasteiger partial charge in [0, 0.05) is 13.2 Å². The number of benzene rings is 1. The largest absolute Gasteiger partial charge is 0.480 e. The normalized spacial score (nSPS) is 18.7. The molecule has 2 rings (SSSR count). The van der Waals surface area contributed by atoms with Gasteiger partial charge in [0.25, 0.3) is 0 Å². The average Bonchev–Trinajstić information content (AvgIpc) is 2.89. The molecule has 6 nitrogen and oxygen atoms in total. The number of carboxylic acids is 1. The maximum atomic E-state index is 13.2. The van der Waals surface area contributed by atoms with Crippen molar-refractivity contribution in [3.05, 3.63) is 35.6 Å². The first-order valence-corrected chi connectivity index (χ1v) is 8.49. The molecule has 1 aliphatic heterocycles. The summed E-state index contributed by atoms with van der Waals surface area (Å²) < 4.78 is 44.1. The molecule has 0 aliphatic carbocycles. The Bertz CT molecular complexity index is 628. The Morgan fingerprint density at radius 1 is 1.45 bits per heavy atom. The first-order chi connectivity index (χ1) is 10.4. The van der Waals surface area contributed by atoms with Crippen molar-refractivity contribution in [3.8, 4) is 0 Å². The van der Waals surface area contributed by atoms with E-state index in [9.17, 15) is 17.6 Å². The van der Waals surface area contributed by atoms with E-state index in [-0.39, 0.29) is 18.2 Å². The molecule has 1 N–H and O–H groups in total. The Morgan fingerprint density at radius 2 is 2.23 bits per heavy atom. The number of carboxylic acid groups (broad SMARTS) is 1. The number of sulfonamides is 1. The molecular weight excluding hydrogens is 313 g/mol. The molecule has 1 aliphatic rings. The first-order valence-electron chi connectivity index (χ1n) is 6.88. The highest BCUT2D eigenvalue weighted by Gasteiger charge is 2.30. The van der Waals surface area contributed by atoms with E-state index in [1.165, 1.54) is 18.2 Å². The minimum Gasteiger partial charge on any atom is -0.480 e. The van der Waals surface area contributed by atoms with Crippen LogP contribution < -0.4 is 0 Å². The Hall–Kier alpha value is -1.51. The SMILES string of the molecule is O=C(O)CN(Cc1cccc(F)c1)S(=O)(=O)CC1CCOC1. The first kappa shape index (κ1) is 16.9. The van der Waals surface area contributed by atoms with Gasteiger partial charge in [-0.2, -0.15) is 4.31 Å². The molecule has 1 aromatic rings. The fourth-order valence-corrected chi connectivity index (χ4v) is 4.08. The third-order valence-corrected chi connectivity index (χ3v) is 5.36. The summed E-state index contributed by atoms with van der Waals surface area (Å²) in [5.74, 6) is -2.03. The smallest absolute Gasteiger partial charge is 0.318 e. The molecule has 22 heavy (non-hydrogen) atoms. The molecule has 8 heteroatoms. The van der Waals surface area contributed by atoms with E-state index in [2.05, 4.69) is 0 Å². The number of aliphatic carboxylic acids is 1. The molecule has 0 saturated carbocycles. The van der Waals surface area contributed by atoms with Crippen molar-refractivity contribution in [2.24, 2.45) is 5.92 Å². The summed E-state index contributed by atoms with van der Waals surface area (Å²) in [5, 5.41) is 8.94. The lowest BCUT2D eigenvalue weighted by Crippen LogP contribution is -2.38. The molecule has 0 spiro atoms. The molecule has 1 fully saturated rings. The number of ether oxygens (including phenoxy) is 1. The van der Waals surface area contributed by atoms with Crippen LogP contribution in [-0.4, -0.2) is 49.3 Å². The summed E-state index contributed by atoms with van der Waals surface area (Å²) in [4.78, 5) is 10.9. The van der Waals surface area contributed by atoms with Gasteiger partial charge in [-0.15, -0.1) is 0 Å². The van der Waals surface area contributed by atoms with E-state index in [4.69, 9.17) is 9.84 Å². The van der Waals surface area contributed by atoms with Crippen LogP contribution in [0.15, 0.2) is 24.3 Å². The van der Waals surface area contributed by atoms with Crippen LogP contribution in [0.3, 0.4) is 0 Å². The quantitative estimate of drug-likeness (QED) is 0.808. The zero-order chi connectivity index (χ0) is 16.2. The number of halogens is 1. The molecule has 1 saturated heterocycles. The van der Waals surface area contributed by atoms with Gasteiger partial charge in [-0.05, 0) is 30.0 Å². The monoisotopic (exact) mass is 331 g/mol. The molecule has 1 atom stereocenters. The second-order valence-corrected chi connectivity index (χ2v) is 7.31. The number of hydrogen-bond acceptors (Lipinski definition) is 4. The van der Waals surface area contributed by atoms with Crippen molar-refractivity contribution in [2.75, 3.05) is 25.5 Å². The molecular formula is C14H18FNO5S. The van der Waals surface area contributed by atoms with Gasteiger partial charge < -0.3 is 9.84 Å². The van der Waals surface area contributed by atoms with E-state index in [1.807, 2.05) is 0 Å². The highest BCUT2D eigenvalue weighted by Crippen LogP contribution is 2.19. The molecule has 0 radical (unpaired) electrons. The highest BCUT2D eigenvalue weighted by molar-refractivity contribution is 7.89. The predicted octanol–water partition coefficient (Wildman–Crippen LogP) is 1.08. The predicted molar refractivity (Wildman–Crippen MR) is 77.2 cm³/mol. The van der Waals surface area contributed by atoms with E-state index >= 15 is 0 Å². The van der Waals surface area contributed by atoms with Crippen molar-refractivity contribution in [3.63, 3.8) is 0 Å². The van der Waals surface area contributed by atoms with Crippen LogP contribution in [0, 0.1) is 11.7 Å². The van der Waals surface area contributed by atoms with E-state index < -0.39 is 28.4 Å². The lowest BCUT2D eigenvalue weighted by molar-refractivity contribution is -0.137. The Kier molecular flexibility index (Phi) is 5.49. The van der Waals surface area contributed by atoms with Gasteiger partial charge in [-0.1, -0.05) is 12.1 Å². The van der Waals surface area contributed by atoms with Gasteiger partial charge in [0.05, 0.1) is 12.4 Å².